The number of hydrogen-bond donors (Lipinski definition) is 2. The first-order valence-electron chi connectivity index (χ1n) is 11.4. The molecule has 1 saturated heterocycles. The molecule has 33 heavy (non-hydrogen) atoms. The highest BCUT2D eigenvalue weighted by molar-refractivity contribution is 7.80. The van der Waals surface area contributed by atoms with E-state index < -0.39 is 0 Å². The minimum atomic E-state index is -0.219. The number of aromatic nitrogens is 1. The summed E-state index contributed by atoms with van der Waals surface area (Å²) < 4.78 is 0. The van der Waals surface area contributed by atoms with Crippen molar-refractivity contribution < 1.29 is 4.79 Å². The number of allylic oxidation sites excluding steroid dienone is 10. The molecule has 2 aliphatic rings. The highest BCUT2D eigenvalue weighted by Crippen LogP contribution is 2.30. The number of amides is 1. The lowest BCUT2D eigenvalue weighted by atomic mass is 9.98. The second kappa shape index (κ2) is 13.1. The molecule has 2 N–H and O–H groups in total. The van der Waals surface area contributed by atoms with E-state index >= 15 is 0 Å². The molecule has 1 amide bonds. The number of carbonyl (C=O) groups excluding carboxylic acids is 1. The van der Waals surface area contributed by atoms with Crippen LogP contribution in [0.25, 0.3) is 0 Å². The third kappa shape index (κ3) is 7.94. The molecule has 5 nitrogen and oxygen atoms in total. The number of hydrogen-bond acceptors (Lipinski definition) is 4. The SMILES string of the molecule is C=C(/C=C\C=C/CC1=CCC=CC=C1)NC(=O)c1csc(C2CCN(C(=S)NCC)CC2)n1. The topological polar surface area (TPSA) is 57.3 Å². The van der Waals surface area contributed by atoms with Crippen LogP contribution >= 0.6 is 23.6 Å². The Morgan fingerprint density at radius 3 is 2.94 bits per heavy atom. The molecule has 0 radical (unpaired) electrons. The normalized spacial score (nSPS) is 16.8. The van der Waals surface area contributed by atoms with Gasteiger partial charge in [0.15, 0.2) is 5.11 Å². The van der Waals surface area contributed by atoms with Gasteiger partial charge in [0.2, 0.25) is 0 Å². The van der Waals surface area contributed by atoms with Gasteiger partial charge in [-0.05, 0) is 56.5 Å². The van der Waals surface area contributed by atoms with Crippen molar-refractivity contribution >= 4 is 34.6 Å². The number of nitrogens with one attached hydrogen (secondary N) is 2. The zero-order chi connectivity index (χ0) is 23.5. The van der Waals surface area contributed by atoms with Gasteiger partial charge < -0.3 is 15.5 Å². The van der Waals surface area contributed by atoms with Gasteiger partial charge in [0.1, 0.15) is 5.69 Å². The summed E-state index contributed by atoms with van der Waals surface area (Å²) in [5, 5.41) is 9.72. The van der Waals surface area contributed by atoms with Crippen LogP contribution in [0.3, 0.4) is 0 Å². The monoisotopic (exact) mass is 480 g/mol. The maximum Gasteiger partial charge on any atom is 0.275 e. The van der Waals surface area contributed by atoms with Gasteiger partial charge in [-0.2, -0.15) is 0 Å². The van der Waals surface area contributed by atoms with Crippen molar-refractivity contribution in [1.29, 1.82) is 0 Å². The van der Waals surface area contributed by atoms with Gasteiger partial charge in [0, 0.05) is 36.6 Å². The Balaban J connectivity index is 1.43. The molecule has 0 saturated carbocycles. The molecular weight excluding hydrogens is 448 g/mol. The Morgan fingerprint density at radius 1 is 1.33 bits per heavy atom. The predicted molar refractivity (Wildman–Crippen MR) is 142 cm³/mol. The van der Waals surface area contributed by atoms with E-state index in [0.717, 1.165) is 55.4 Å². The van der Waals surface area contributed by atoms with E-state index in [1.54, 1.807) is 17.4 Å². The van der Waals surface area contributed by atoms with Crippen LogP contribution in [0.15, 0.2) is 77.9 Å². The van der Waals surface area contributed by atoms with Gasteiger partial charge in [-0.15, -0.1) is 11.3 Å². The fourth-order valence-corrected chi connectivity index (χ4v) is 4.95. The van der Waals surface area contributed by atoms with E-state index in [1.165, 1.54) is 5.57 Å². The van der Waals surface area contributed by atoms with Gasteiger partial charge in [-0.25, -0.2) is 4.98 Å². The van der Waals surface area contributed by atoms with Crippen LogP contribution in [0, 0.1) is 0 Å². The van der Waals surface area contributed by atoms with Crippen LogP contribution in [0.4, 0.5) is 0 Å². The maximum absolute atomic E-state index is 12.6. The summed E-state index contributed by atoms with van der Waals surface area (Å²) >= 11 is 6.97. The fraction of sp³-hybridized carbons (Fsp3) is 0.346. The van der Waals surface area contributed by atoms with Gasteiger partial charge in [-0.3, -0.25) is 4.79 Å². The Hall–Kier alpha value is -2.77. The highest BCUT2D eigenvalue weighted by atomic mass is 32.1. The first kappa shape index (κ1) is 24.9. The number of rotatable bonds is 8. The third-order valence-corrected chi connectivity index (χ3v) is 6.87. The molecule has 1 aliphatic heterocycles. The van der Waals surface area contributed by atoms with E-state index in [-0.39, 0.29) is 5.91 Å². The van der Waals surface area contributed by atoms with Crippen molar-refractivity contribution in [2.45, 2.75) is 38.5 Å². The largest absolute Gasteiger partial charge is 0.363 e. The summed E-state index contributed by atoms with van der Waals surface area (Å²) in [6.45, 7) is 8.65. The molecular formula is C26H32N4OS2. The van der Waals surface area contributed by atoms with E-state index in [0.29, 0.717) is 17.3 Å². The second-order valence-electron chi connectivity index (χ2n) is 7.94. The minimum Gasteiger partial charge on any atom is -0.363 e. The third-order valence-electron chi connectivity index (χ3n) is 5.46. The first-order valence-corrected chi connectivity index (χ1v) is 12.7. The standard InChI is InChI=1S/C26H32N4OS2/c1-3-27-26(32)30-17-15-22(16-18-30)25-29-23(19-33-25)24(31)28-20(2)11-7-6-10-14-21-12-8-4-5-9-13-21/h4-8,10-13,19,22H,2-3,9,14-18H2,1H3,(H,27,32)(H,28,31)/b10-6-,11-7-. The smallest absolute Gasteiger partial charge is 0.275 e. The van der Waals surface area contributed by atoms with Gasteiger partial charge in [0.25, 0.3) is 5.91 Å². The zero-order valence-corrected chi connectivity index (χ0v) is 20.8. The fourth-order valence-electron chi connectivity index (χ4n) is 3.65. The van der Waals surface area contributed by atoms with Gasteiger partial charge >= 0.3 is 0 Å². The lowest BCUT2D eigenvalue weighted by molar-refractivity contribution is 0.0963. The summed E-state index contributed by atoms with van der Waals surface area (Å²) in [6, 6.07) is 0. The van der Waals surface area contributed by atoms with Gasteiger partial charge in [0.05, 0.1) is 5.01 Å². The van der Waals surface area contributed by atoms with Crippen LogP contribution in [0.1, 0.15) is 54.0 Å². The molecule has 0 aromatic carbocycles. The van der Waals surface area contributed by atoms with E-state index in [9.17, 15) is 4.79 Å². The number of likely N-dealkylation sites (tertiary alicyclic amines) is 1. The van der Waals surface area contributed by atoms with Crippen molar-refractivity contribution in [3.05, 3.63) is 88.6 Å². The average Bonchev–Trinajstić information content (AvgIpc) is 3.17. The summed E-state index contributed by atoms with van der Waals surface area (Å²) in [7, 11) is 0. The summed E-state index contributed by atoms with van der Waals surface area (Å²) in [6.07, 6.45) is 22.2. The Kier molecular flexibility index (Phi) is 9.84. The van der Waals surface area contributed by atoms with Crippen molar-refractivity contribution in [2.75, 3.05) is 19.6 Å². The number of thiazole rings is 1. The Bertz CT molecular complexity index is 992. The first-order chi connectivity index (χ1) is 16.1. The summed E-state index contributed by atoms with van der Waals surface area (Å²) in [5.74, 6) is 0.155. The molecule has 0 spiro atoms. The number of nitrogens with zero attached hydrogens (tertiary/aromatic N) is 2. The lowest BCUT2D eigenvalue weighted by Gasteiger charge is -2.33. The highest BCUT2D eigenvalue weighted by Gasteiger charge is 2.25. The molecule has 3 rings (SSSR count). The molecule has 1 aliphatic carbocycles. The number of carbonyl (C=O) groups is 1. The van der Waals surface area contributed by atoms with Crippen molar-refractivity contribution in [1.82, 2.24) is 20.5 Å². The minimum absolute atomic E-state index is 0.219. The molecule has 1 aromatic rings. The van der Waals surface area contributed by atoms with Crippen LogP contribution < -0.4 is 10.6 Å². The van der Waals surface area contributed by atoms with Crippen LogP contribution in [-0.2, 0) is 0 Å². The van der Waals surface area contributed by atoms with Crippen molar-refractivity contribution in [3.8, 4) is 0 Å². The maximum atomic E-state index is 12.6. The zero-order valence-electron chi connectivity index (χ0n) is 19.1. The predicted octanol–water partition coefficient (Wildman–Crippen LogP) is 5.41. The summed E-state index contributed by atoms with van der Waals surface area (Å²) in [4.78, 5) is 19.4. The summed E-state index contributed by atoms with van der Waals surface area (Å²) in [5.41, 5.74) is 2.29. The molecule has 1 fully saturated rings. The molecule has 0 atom stereocenters. The average molecular weight is 481 g/mol. The molecule has 2 heterocycles. The van der Waals surface area contributed by atoms with Crippen LogP contribution in [0.2, 0.25) is 0 Å². The molecule has 0 bridgehead atoms. The molecule has 0 unspecified atom stereocenters. The molecule has 1 aromatic heterocycles. The van der Waals surface area contributed by atoms with Crippen molar-refractivity contribution in [2.24, 2.45) is 0 Å². The number of piperidine rings is 1. The second-order valence-corrected chi connectivity index (χ2v) is 9.22. The quantitative estimate of drug-likeness (QED) is 0.385. The number of thiocarbonyl (C=S) groups is 1. The van der Waals surface area contributed by atoms with Crippen LogP contribution in [-0.4, -0.2) is 40.5 Å². The van der Waals surface area contributed by atoms with Gasteiger partial charge in [-0.1, -0.05) is 55.2 Å². The van der Waals surface area contributed by atoms with E-state index in [4.69, 9.17) is 12.2 Å². The van der Waals surface area contributed by atoms with Crippen molar-refractivity contribution in [3.63, 3.8) is 0 Å². The Labute approximate surface area is 206 Å². The molecule has 174 valence electrons. The Morgan fingerprint density at radius 2 is 2.15 bits per heavy atom. The van der Waals surface area contributed by atoms with E-state index in [2.05, 4.69) is 70.5 Å². The molecule has 7 heteroatoms. The van der Waals surface area contributed by atoms with E-state index in [1.807, 2.05) is 17.5 Å². The lowest BCUT2D eigenvalue weighted by Crippen LogP contribution is -2.43. The van der Waals surface area contributed by atoms with Crippen LogP contribution in [0.5, 0.6) is 0 Å².